The number of hydrogen-bond donors (Lipinski definition) is 0. The van der Waals surface area contributed by atoms with Gasteiger partial charge in [0.05, 0.1) is 11.4 Å². The number of carbonyl (C=O) groups excluding carboxylic acids is 1. The molecule has 184 valence electrons. The van der Waals surface area contributed by atoms with Crippen LogP contribution in [0.25, 0.3) is 0 Å². The van der Waals surface area contributed by atoms with Crippen molar-refractivity contribution in [2.75, 3.05) is 29.4 Å². The number of amides is 1. The Labute approximate surface area is 199 Å². The number of rotatable bonds is 4. The van der Waals surface area contributed by atoms with E-state index in [2.05, 4.69) is 20.2 Å². The highest BCUT2D eigenvalue weighted by Crippen LogP contribution is 2.36. The normalized spacial score (nSPS) is 19.5. The van der Waals surface area contributed by atoms with Crippen LogP contribution < -0.4 is 9.80 Å². The van der Waals surface area contributed by atoms with Crippen LogP contribution in [0.15, 0.2) is 48.9 Å². The van der Waals surface area contributed by atoms with Gasteiger partial charge in [0.1, 0.15) is 18.4 Å². The van der Waals surface area contributed by atoms with Gasteiger partial charge in [0.25, 0.3) is 5.91 Å². The molecule has 7 nitrogen and oxygen atoms in total. The van der Waals surface area contributed by atoms with Crippen molar-refractivity contribution in [3.63, 3.8) is 0 Å². The number of aromatic nitrogens is 4. The number of alkyl halides is 3. The Morgan fingerprint density at radius 3 is 2.49 bits per heavy atom. The second-order valence-electron chi connectivity index (χ2n) is 8.92. The van der Waals surface area contributed by atoms with Crippen LogP contribution >= 0.6 is 0 Å². The SMILES string of the molecule is O=C1C(n2cc(C3CCN(c4ccncc4)CC3)nn2)CCc2c(F)cccc2N1CC(F)(F)F. The monoisotopic (exact) mass is 488 g/mol. The number of fused-ring (bicyclic) bond motifs is 1. The Morgan fingerprint density at radius 2 is 1.77 bits per heavy atom. The smallest absolute Gasteiger partial charge is 0.371 e. The Kier molecular flexibility index (Phi) is 6.16. The van der Waals surface area contributed by atoms with Gasteiger partial charge in [-0.25, -0.2) is 9.07 Å². The topological polar surface area (TPSA) is 67.2 Å². The second-order valence-corrected chi connectivity index (χ2v) is 8.92. The van der Waals surface area contributed by atoms with E-state index < -0.39 is 30.5 Å². The third-order valence-electron chi connectivity index (χ3n) is 6.73. The van der Waals surface area contributed by atoms with Gasteiger partial charge in [-0.1, -0.05) is 11.3 Å². The third-order valence-corrected chi connectivity index (χ3v) is 6.73. The summed E-state index contributed by atoms with van der Waals surface area (Å²) in [7, 11) is 0. The number of pyridine rings is 1. The molecule has 35 heavy (non-hydrogen) atoms. The number of benzene rings is 1. The van der Waals surface area contributed by atoms with E-state index in [1.807, 2.05) is 12.1 Å². The molecule has 1 saturated heterocycles. The number of hydrogen-bond acceptors (Lipinski definition) is 5. The van der Waals surface area contributed by atoms with Gasteiger partial charge < -0.3 is 9.80 Å². The lowest BCUT2D eigenvalue weighted by molar-refractivity contribution is -0.134. The zero-order valence-electron chi connectivity index (χ0n) is 18.8. The quantitative estimate of drug-likeness (QED) is 0.513. The van der Waals surface area contributed by atoms with E-state index in [1.54, 1.807) is 18.6 Å². The molecule has 1 fully saturated rings. The molecule has 0 bridgehead atoms. The van der Waals surface area contributed by atoms with E-state index in [0.717, 1.165) is 31.6 Å². The van der Waals surface area contributed by atoms with Gasteiger partial charge in [-0.3, -0.25) is 9.78 Å². The minimum absolute atomic E-state index is 0.0429. The van der Waals surface area contributed by atoms with E-state index in [0.29, 0.717) is 10.6 Å². The highest BCUT2D eigenvalue weighted by Gasteiger charge is 2.40. The van der Waals surface area contributed by atoms with Crippen molar-refractivity contribution in [1.29, 1.82) is 0 Å². The summed E-state index contributed by atoms with van der Waals surface area (Å²) in [5, 5.41) is 8.38. The van der Waals surface area contributed by atoms with Gasteiger partial charge in [-0.2, -0.15) is 13.2 Å². The molecule has 2 aliphatic rings. The molecule has 0 N–H and O–H groups in total. The molecule has 1 amide bonds. The lowest BCUT2D eigenvalue weighted by atomic mass is 9.94. The molecule has 0 spiro atoms. The van der Waals surface area contributed by atoms with E-state index in [4.69, 9.17) is 0 Å². The fraction of sp³-hybridized carbons (Fsp3) is 0.417. The zero-order chi connectivity index (χ0) is 24.6. The first-order chi connectivity index (χ1) is 16.8. The van der Waals surface area contributed by atoms with Crippen LogP contribution in [0.4, 0.5) is 28.9 Å². The summed E-state index contributed by atoms with van der Waals surface area (Å²) in [5.41, 5.74) is 1.88. The molecule has 2 aliphatic heterocycles. The highest BCUT2D eigenvalue weighted by molar-refractivity contribution is 5.97. The molecule has 3 aromatic rings. The van der Waals surface area contributed by atoms with Gasteiger partial charge in [0, 0.05) is 48.8 Å². The van der Waals surface area contributed by atoms with Gasteiger partial charge in [0.15, 0.2) is 0 Å². The van der Waals surface area contributed by atoms with Gasteiger partial charge in [-0.05, 0) is 49.9 Å². The fourth-order valence-corrected chi connectivity index (χ4v) is 4.96. The molecule has 0 radical (unpaired) electrons. The average molecular weight is 488 g/mol. The van der Waals surface area contributed by atoms with Crippen molar-refractivity contribution in [2.45, 2.75) is 43.8 Å². The third kappa shape index (κ3) is 4.85. The highest BCUT2D eigenvalue weighted by atomic mass is 19.4. The second kappa shape index (κ2) is 9.27. The molecule has 11 heteroatoms. The molecule has 2 aromatic heterocycles. The van der Waals surface area contributed by atoms with Gasteiger partial charge in [-0.15, -0.1) is 5.10 Å². The van der Waals surface area contributed by atoms with Crippen molar-refractivity contribution in [3.05, 3.63) is 66.0 Å². The van der Waals surface area contributed by atoms with Crippen LogP contribution in [0.1, 0.15) is 42.5 Å². The van der Waals surface area contributed by atoms with Crippen LogP contribution in [0.3, 0.4) is 0 Å². The van der Waals surface area contributed by atoms with Crippen LogP contribution in [0.5, 0.6) is 0 Å². The minimum atomic E-state index is -4.63. The lowest BCUT2D eigenvalue weighted by Crippen LogP contribution is -2.42. The Hall–Kier alpha value is -3.50. The molecule has 1 atom stereocenters. The van der Waals surface area contributed by atoms with E-state index in [-0.39, 0.29) is 30.0 Å². The number of piperidine rings is 1. The number of anilines is 2. The molecule has 5 rings (SSSR count). The Morgan fingerprint density at radius 1 is 1.03 bits per heavy atom. The summed E-state index contributed by atoms with van der Waals surface area (Å²) in [6.07, 6.45) is 2.44. The molecule has 4 heterocycles. The molecule has 0 aliphatic carbocycles. The molecule has 1 aromatic carbocycles. The van der Waals surface area contributed by atoms with Crippen LogP contribution in [-0.2, 0) is 11.2 Å². The standard InChI is InChI=1S/C24H24F4N6O/c25-19-2-1-3-21-18(19)4-5-22(23(35)33(21)15-24(26,27)28)34-14-20(30-31-34)16-8-12-32(13-9-16)17-6-10-29-11-7-17/h1-3,6-7,10-11,14,16,22H,4-5,8-9,12-13,15H2. The lowest BCUT2D eigenvalue weighted by Gasteiger charge is -2.32. The van der Waals surface area contributed by atoms with Crippen LogP contribution in [0.2, 0.25) is 0 Å². The maximum atomic E-state index is 14.5. The number of carbonyl (C=O) groups is 1. The summed E-state index contributed by atoms with van der Waals surface area (Å²) in [5.74, 6) is -1.26. The number of nitrogens with zero attached hydrogens (tertiary/aromatic N) is 6. The first-order valence-electron chi connectivity index (χ1n) is 11.5. The summed E-state index contributed by atoms with van der Waals surface area (Å²) in [6.45, 7) is 0.142. The molecule has 0 saturated carbocycles. The summed E-state index contributed by atoms with van der Waals surface area (Å²) in [4.78, 5) is 20.2. The summed E-state index contributed by atoms with van der Waals surface area (Å²) in [6, 6.07) is 6.79. The van der Waals surface area contributed by atoms with Crippen LogP contribution in [0, 0.1) is 5.82 Å². The van der Waals surface area contributed by atoms with Crippen molar-refractivity contribution < 1.29 is 22.4 Å². The number of halogens is 4. The molecular weight excluding hydrogens is 464 g/mol. The first-order valence-corrected chi connectivity index (χ1v) is 11.5. The Balaban J connectivity index is 1.35. The fourth-order valence-electron chi connectivity index (χ4n) is 4.96. The molecular formula is C24H24F4N6O. The Bertz CT molecular complexity index is 1190. The predicted octanol–water partition coefficient (Wildman–Crippen LogP) is 4.28. The molecule has 1 unspecified atom stereocenters. The van der Waals surface area contributed by atoms with E-state index in [9.17, 15) is 22.4 Å². The maximum absolute atomic E-state index is 14.5. The largest absolute Gasteiger partial charge is 0.406 e. The average Bonchev–Trinajstić information content (AvgIpc) is 3.28. The first kappa shape index (κ1) is 23.3. The van der Waals surface area contributed by atoms with E-state index >= 15 is 0 Å². The van der Waals surface area contributed by atoms with E-state index in [1.165, 1.54) is 22.9 Å². The predicted molar refractivity (Wildman–Crippen MR) is 121 cm³/mol. The van der Waals surface area contributed by atoms with Crippen LogP contribution in [-0.4, -0.2) is 51.7 Å². The van der Waals surface area contributed by atoms with Gasteiger partial charge >= 0.3 is 6.18 Å². The summed E-state index contributed by atoms with van der Waals surface area (Å²) >= 11 is 0. The van der Waals surface area contributed by atoms with Crippen molar-refractivity contribution in [3.8, 4) is 0 Å². The summed E-state index contributed by atoms with van der Waals surface area (Å²) < 4.78 is 55.8. The van der Waals surface area contributed by atoms with Crippen molar-refractivity contribution in [2.24, 2.45) is 0 Å². The van der Waals surface area contributed by atoms with Crippen molar-refractivity contribution >= 4 is 17.3 Å². The maximum Gasteiger partial charge on any atom is 0.406 e. The van der Waals surface area contributed by atoms with Gasteiger partial charge in [0.2, 0.25) is 0 Å². The minimum Gasteiger partial charge on any atom is -0.371 e. The zero-order valence-corrected chi connectivity index (χ0v) is 18.8. The van der Waals surface area contributed by atoms with Crippen molar-refractivity contribution in [1.82, 2.24) is 20.0 Å².